The van der Waals surface area contributed by atoms with Gasteiger partial charge in [-0.25, -0.2) is 0 Å². The van der Waals surface area contributed by atoms with Gasteiger partial charge in [0, 0.05) is 13.6 Å². The van der Waals surface area contributed by atoms with Gasteiger partial charge in [0.25, 0.3) is 5.91 Å². The van der Waals surface area contributed by atoms with E-state index in [1.165, 1.54) is 0 Å². The number of nitrogens with one attached hydrogen (secondary N) is 1. The normalized spacial score (nSPS) is 11.6. The first kappa shape index (κ1) is 21.5. The van der Waals surface area contributed by atoms with Gasteiger partial charge < -0.3 is 15.0 Å². The molecular formula is C23H30N2O3. The molecule has 0 bridgehead atoms. The number of hydrogen-bond acceptors (Lipinski definition) is 3. The summed E-state index contributed by atoms with van der Waals surface area (Å²) in [5.74, 6) is 0.300. The Balaban J connectivity index is 2.21. The number of likely N-dealkylation sites (N-methyl/N-ethyl adjacent to an activating group) is 1. The van der Waals surface area contributed by atoms with E-state index in [9.17, 15) is 9.59 Å². The third kappa shape index (κ3) is 5.59. The molecule has 0 unspecified atom stereocenters. The molecule has 0 aliphatic carbocycles. The molecule has 28 heavy (non-hydrogen) atoms. The lowest BCUT2D eigenvalue weighted by atomic mass is 10.1. The minimum atomic E-state index is -0.541. The maximum Gasteiger partial charge on any atom is 0.261 e. The number of carbonyl (C=O) groups is 2. The van der Waals surface area contributed by atoms with E-state index in [0.717, 1.165) is 22.3 Å². The van der Waals surface area contributed by atoms with E-state index >= 15 is 0 Å². The number of ether oxygens (including phenoxy) is 1. The molecule has 0 heterocycles. The van der Waals surface area contributed by atoms with E-state index in [1.54, 1.807) is 11.9 Å². The largest absolute Gasteiger partial charge is 0.483 e. The lowest BCUT2D eigenvalue weighted by Gasteiger charge is -2.30. The number of hydrogen-bond donors (Lipinski definition) is 1. The highest BCUT2D eigenvalue weighted by atomic mass is 16.5. The minimum absolute atomic E-state index is 0.108. The average molecular weight is 383 g/mol. The molecule has 1 atom stereocenters. The molecule has 0 spiro atoms. The van der Waals surface area contributed by atoms with E-state index in [0.29, 0.717) is 18.7 Å². The third-order valence-corrected chi connectivity index (χ3v) is 4.75. The van der Waals surface area contributed by atoms with Gasteiger partial charge in [-0.1, -0.05) is 54.4 Å². The van der Waals surface area contributed by atoms with Crippen LogP contribution in [0, 0.1) is 20.8 Å². The zero-order chi connectivity index (χ0) is 20.7. The van der Waals surface area contributed by atoms with Gasteiger partial charge in [-0.15, -0.1) is 0 Å². The summed E-state index contributed by atoms with van der Waals surface area (Å²) in [7, 11) is 1.59. The topological polar surface area (TPSA) is 58.6 Å². The fourth-order valence-electron chi connectivity index (χ4n) is 3.28. The maximum absolute atomic E-state index is 13.0. The number of benzene rings is 2. The second-order valence-electron chi connectivity index (χ2n) is 7.11. The smallest absolute Gasteiger partial charge is 0.261 e. The van der Waals surface area contributed by atoms with Crippen LogP contribution >= 0.6 is 0 Å². The first-order chi connectivity index (χ1) is 13.3. The van der Waals surface area contributed by atoms with Crippen molar-refractivity contribution in [3.05, 3.63) is 64.7 Å². The van der Waals surface area contributed by atoms with Crippen molar-refractivity contribution in [3.8, 4) is 5.75 Å². The van der Waals surface area contributed by atoms with E-state index in [4.69, 9.17) is 4.74 Å². The Hall–Kier alpha value is -2.82. The summed E-state index contributed by atoms with van der Waals surface area (Å²) < 4.78 is 5.78. The van der Waals surface area contributed by atoms with Crippen LogP contribution in [0.4, 0.5) is 0 Å². The van der Waals surface area contributed by atoms with Crippen molar-refractivity contribution in [2.45, 2.75) is 46.7 Å². The van der Waals surface area contributed by atoms with Gasteiger partial charge in [-0.3, -0.25) is 9.59 Å². The fraction of sp³-hybridized carbons (Fsp3) is 0.391. The lowest BCUT2D eigenvalue weighted by Crippen LogP contribution is -2.49. The molecule has 0 aliphatic rings. The number of nitrogens with zero attached hydrogens (tertiary/aromatic N) is 1. The Morgan fingerprint density at radius 2 is 1.79 bits per heavy atom. The van der Waals surface area contributed by atoms with Gasteiger partial charge in [0.05, 0.1) is 0 Å². The maximum atomic E-state index is 13.0. The standard InChI is InChI=1S/C23H30N2O3/c1-6-20(23(27)24-5)25(14-19-9-7-8-16(2)13-19)22(26)15-28-21-11-10-17(3)12-18(21)4/h7-13,20H,6,14-15H2,1-5H3,(H,24,27)/t20-/m1/s1. The summed E-state index contributed by atoms with van der Waals surface area (Å²) in [5.41, 5.74) is 4.23. The summed E-state index contributed by atoms with van der Waals surface area (Å²) in [4.78, 5) is 27.0. The Labute approximate surface area is 167 Å². The Bertz CT molecular complexity index is 832. The number of amides is 2. The molecule has 2 amide bonds. The zero-order valence-electron chi connectivity index (χ0n) is 17.4. The molecule has 2 aromatic rings. The van der Waals surface area contributed by atoms with Crippen molar-refractivity contribution >= 4 is 11.8 Å². The van der Waals surface area contributed by atoms with Crippen molar-refractivity contribution in [2.75, 3.05) is 13.7 Å². The van der Waals surface area contributed by atoms with Gasteiger partial charge in [0.15, 0.2) is 6.61 Å². The summed E-state index contributed by atoms with van der Waals surface area (Å²) in [6.45, 7) is 8.14. The Kier molecular flexibility index (Phi) is 7.61. The number of aryl methyl sites for hydroxylation is 3. The predicted molar refractivity (Wildman–Crippen MR) is 111 cm³/mol. The molecule has 150 valence electrons. The molecule has 5 heteroatoms. The van der Waals surface area contributed by atoms with Crippen molar-refractivity contribution in [2.24, 2.45) is 0 Å². The molecule has 0 fully saturated rings. The van der Waals surface area contributed by atoms with Crippen molar-refractivity contribution < 1.29 is 14.3 Å². The Morgan fingerprint density at radius 1 is 1.07 bits per heavy atom. The van der Waals surface area contributed by atoms with Crippen LogP contribution in [-0.4, -0.2) is 36.4 Å². The second kappa shape index (κ2) is 9.93. The first-order valence-corrected chi connectivity index (χ1v) is 9.62. The zero-order valence-corrected chi connectivity index (χ0v) is 17.4. The van der Waals surface area contributed by atoms with Crippen LogP contribution in [0.25, 0.3) is 0 Å². The van der Waals surface area contributed by atoms with Crippen LogP contribution in [0.15, 0.2) is 42.5 Å². The van der Waals surface area contributed by atoms with Gasteiger partial charge in [-0.2, -0.15) is 0 Å². The molecule has 1 N–H and O–H groups in total. The first-order valence-electron chi connectivity index (χ1n) is 9.62. The van der Waals surface area contributed by atoms with E-state index in [1.807, 2.05) is 70.2 Å². The molecule has 0 saturated heterocycles. The molecule has 0 saturated carbocycles. The highest BCUT2D eigenvalue weighted by Crippen LogP contribution is 2.19. The van der Waals surface area contributed by atoms with Crippen LogP contribution in [0.1, 0.15) is 35.6 Å². The van der Waals surface area contributed by atoms with Crippen molar-refractivity contribution in [1.29, 1.82) is 0 Å². The number of carbonyl (C=O) groups excluding carboxylic acids is 2. The molecule has 0 aromatic heterocycles. The summed E-state index contributed by atoms with van der Waals surface area (Å²) in [6, 6.07) is 13.3. The van der Waals surface area contributed by atoms with Crippen LogP contribution < -0.4 is 10.1 Å². The van der Waals surface area contributed by atoms with Gasteiger partial charge >= 0.3 is 0 Å². The van der Waals surface area contributed by atoms with Gasteiger partial charge in [-0.05, 0) is 44.4 Å². The molecular weight excluding hydrogens is 352 g/mol. The molecule has 0 radical (unpaired) electrons. The summed E-state index contributed by atoms with van der Waals surface area (Å²) in [6.07, 6.45) is 0.529. The van der Waals surface area contributed by atoms with E-state index in [-0.39, 0.29) is 18.4 Å². The number of rotatable bonds is 8. The highest BCUT2D eigenvalue weighted by Gasteiger charge is 2.28. The van der Waals surface area contributed by atoms with Crippen LogP contribution in [-0.2, 0) is 16.1 Å². The monoisotopic (exact) mass is 382 g/mol. The van der Waals surface area contributed by atoms with Gasteiger partial charge in [0.1, 0.15) is 11.8 Å². The van der Waals surface area contributed by atoms with Crippen LogP contribution in [0.5, 0.6) is 5.75 Å². The van der Waals surface area contributed by atoms with Gasteiger partial charge in [0.2, 0.25) is 5.91 Å². The molecule has 5 nitrogen and oxygen atoms in total. The molecule has 0 aliphatic heterocycles. The third-order valence-electron chi connectivity index (χ3n) is 4.75. The second-order valence-corrected chi connectivity index (χ2v) is 7.11. The van der Waals surface area contributed by atoms with Crippen molar-refractivity contribution in [3.63, 3.8) is 0 Å². The molecule has 2 aromatic carbocycles. The Morgan fingerprint density at radius 3 is 2.39 bits per heavy atom. The van der Waals surface area contributed by atoms with Crippen molar-refractivity contribution in [1.82, 2.24) is 10.2 Å². The van der Waals surface area contributed by atoms with E-state index < -0.39 is 6.04 Å². The van der Waals surface area contributed by atoms with Crippen LogP contribution in [0.2, 0.25) is 0 Å². The molecule has 2 rings (SSSR count). The summed E-state index contributed by atoms with van der Waals surface area (Å²) >= 11 is 0. The predicted octanol–water partition coefficient (Wildman–Crippen LogP) is 3.54. The summed E-state index contributed by atoms with van der Waals surface area (Å²) in [5, 5.41) is 2.66. The SMILES string of the molecule is CC[C@H](C(=O)NC)N(Cc1cccc(C)c1)C(=O)COc1ccc(C)cc1C. The highest BCUT2D eigenvalue weighted by molar-refractivity contribution is 5.88. The fourth-order valence-corrected chi connectivity index (χ4v) is 3.28. The average Bonchev–Trinajstić information content (AvgIpc) is 2.66. The van der Waals surface area contributed by atoms with Crippen LogP contribution in [0.3, 0.4) is 0 Å². The lowest BCUT2D eigenvalue weighted by molar-refractivity contribution is -0.142. The minimum Gasteiger partial charge on any atom is -0.483 e. The quantitative estimate of drug-likeness (QED) is 0.760. The van der Waals surface area contributed by atoms with E-state index in [2.05, 4.69) is 5.32 Å².